The molecule has 29 heavy (non-hydrogen) atoms. The molecule has 1 N–H and O–H groups in total. The second kappa shape index (κ2) is 8.88. The monoisotopic (exact) mass is 415 g/mol. The molecule has 0 heterocycles. The van der Waals surface area contributed by atoms with Crippen molar-refractivity contribution in [1.82, 2.24) is 4.72 Å². The van der Waals surface area contributed by atoms with Crippen LogP contribution >= 0.6 is 0 Å². The molecular weight excluding hydrogens is 390 g/mol. The Bertz CT molecular complexity index is 1030. The number of Topliss-reactive ketones (excluding diaryl/α,β-unsaturated/α-hetero) is 1. The summed E-state index contributed by atoms with van der Waals surface area (Å²) in [6, 6.07) is 11.4. The summed E-state index contributed by atoms with van der Waals surface area (Å²) in [4.78, 5) is 25.0. The van der Waals surface area contributed by atoms with Gasteiger partial charge in [0, 0.05) is 11.6 Å². The van der Waals surface area contributed by atoms with Crippen molar-refractivity contribution in [3.63, 3.8) is 0 Å². The third-order valence-corrected chi connectivity index (χ3v) is 6.40. The van der Waals surface area contributed by atoms with Crippen LogP contribution in [0.5, 0.6) is 0 Å². The largest absolute Gasteiger partial charge is 0.454 e. The molecular formula is C22H25NO5S. The average molecular weight is 416 g/mol. The van der Waals surface area contributed by atoms with E-state index >= 15 is 0 Å². The van der Waals surface area contributed by atoms with Gasteiger partial charge in [0.05, 0.1) is 10.5 Å². The van der Waals surface area contributed by atoms with Crippen LogP contribution in [0, 0.1) is 0 Å². The first-order valence-electron chi connectivity index (χ1n) is 9.78. The molecule has 0 spiro atoms. The van der Waals surface area contributed by atoms with Crippen LogP contribution in [0.15, 0.2) is 47.4 Å². The molecule has 0 amide bonds. The molecule has 154 valence electrons. The maximum atomic E-state index is 12.6. The van der Waals surface area contributed by atoms with Gasteiger partial charge in [0.25, 0.3) is 0 Å². The molecule has 2 aromatic carbocycles. The van der Waals surface area contributed by atoms with Crippen molar-refractivity contribution >= 4 is 21.8 Å². The summed E-state index contributed by atoms with van der Waals surface area (Å²) in [5.41, 5.74) is 2.60. The number of carbonyl (C=O) groups excluding carboxylic acids is 2. The van der Waals surface area contributed by atoms with Crippen LogP contribution in [0.1, 0.15) is 58.5 Å². The molecule has 1 fully saturated rings. The van der Waals surface area contributed by atoms with Gasteiger partial charge < -0.3 is 4.74 Å². The van der Waals surface area contributed by atoms with E-state index < -0.39 is 22.6 Å². The van der Waals surface area contributed by atoms with Crippen molar-refractivity contribution in [2.75, 3.05) is 6.61 Å². The van der Waals surface area contributed by atoms with E-state index in [4.69, 9.17) is 4.74 Å². The molecule has 0 saturated heterocycles. The molecule has 3 rings (SSSR count). The zero-order valence-corrected chi connectivity index (χ0v) is 17.4. The number of ether oxygens (including phenoxy) is 1. The van der Waals surface area contributed by atoms with Crippen LogP contribution in [0.25, 0.3) is 0 Å². The predicted octanol–water partition coefficient (Wildman–Crippen LogP) is 3.29. The lowest BCUT2D eigenvalue weighted by molar-refractivity contribution is 0.0474. The van der Waals surface area contributed by atoms with Crippen LogP contribution < -0.4 is 4.72 Å². The van der Waals surface area contributed by atoms with Gasteiger partial charge in [-0.3, -0.25) is 4.79 Å². The van der Waals surface area contributed by atoms with Gasteiger partial charge in [0.1, 0.15) is 0 Å². The summed E-state index contributed by atoms with van der Waals surface area (Å²) < 4.78 is 32.4. The van der Waals surface area contributed by atoms with Crippen LogP contribution in [0.3, 0.4) is 0 Å². The molecule has 0 unspecified atom stereocenters. The van der Waals surface area contributed by atoms with Gasteiger partial charge >= 0.3 is 5.97 Å². The van der Waals surface area contributed by atoms with Gasteiger partial charge in [-0.1, -0.05) is 32.0 Å². The molecule has 7 heteroatoms. The van der Waals surface area contributed by atoms with Crippen molar-refractivity contribution in [2.45, 2.75) is 50.5 Å². The topological polar surface area (TPSA) is 89.5 Å². The summed E-state index contributed by atoms with van der Waals surface area (Å²) in [5, 5.41) is 0. The highest BCUT2D eigenvalue weighted by molar-refractivity contribution is 7.89. The highest BCUT2D eigenvalue weighted by Crippen LogP contribution is 2.22. The van der Waals surface area contributed by atoms with Crippen LogP contribution in [-0.4, -0.2) is 32.8 Å². The fourth-order valence-corrected chi connectivity index (χ4v) is 4.33. The molecule has 0 radical (unpaired) electrons. The van der Waals surface area contributed by atoms with Gasteiger partial charge in [0.2, 0.25) is 15.8 Å². The molecule has 0 atom stereocenters. The molecule has 6 nitrogen and oxygen atoms in total. The number of esters is 1. The number of aryl methyl sites for hydroxylation is 2. The molecule has 0 aromatic heterocycles. The van der Waals surface area contributed by atoms with E-state index in [0.717, 1.165) is 30.4 Å². The van der Waals surface area contributed by atoms with Crippen molar-refractivity contribution in [1.29, 1.82) is 0 Å². The second-order valence-corrected chi connectivity index (χ2v) is 8.84. The Balaban J connectivity index is 1.69. The van der Waals surface area contributed by atoms with Gasteiger partial charge in [-0.25, -0.2) is 17.9 Å². The van der Waals surface area contributed by atoms with Gasteiger partial charge in [-0.2, -0.15) is 0 Å². The van der Waals surface area contributed by atoms with Crippen LogP contribution in [0.4, 0.5) is 0 Å². The Morgan fingerprint density at radius 2 is 1.83 bits per heavy atom. The second-order valence-electron chi connectivity index (χ2n) is 7.12. The minimum Gasteiger partial charge on any atom is -0.454 e. The van der Waals surface area contributed by atoms with Crippen LogP contribution in [0.2, 0.25) is 0 Å². The molecule has 2 aromatic rings. The zero-order valence-electron chi connectivity index (χ0n) is 16.6. The van der Waals surface area contributed by atoms with Crippen molar-refractivity contribution < 1.29 is 22.7 Å². The summed E-state index contributed by atoms with van der Waals surface area (Å²) in [6.07, 6.45) is 3.15. The maximum absolute atomic E-state index is 12.6. The van der Waals surface area contributed by atoms with E-state index in [2.05, 4.69) is 4.72 Å². The lowest BCUT2D eigenvalue weighted by atomic mass is 9.98. The predicted molar refractivity (Wildman–Crippen MR) is 110 cm³/mol. The number of nitrogens with one attached hydrogen (secondary N) is 1. The summed E-state index contributed by atoms with van der Waals surface area (Å²) in [6.45, 7) is 3.58. The molecule has 0 bridgehead atoms. The van der Waals surface area contributed by atoms with Crippen molar-refractivity contribution in [3.8, 4) is 0 Å². The third-order valence-electron chi connectivity index (χ3n) is 4.88. The maximum Gasteiger partial charge on any atom is 0.338 e. The van der Waals surface area contributed by atoms with E-state index in [1.807, 2.05) is 32.0 Å². The number of hydrogen-bond acceptors (Lipinski definition) is 5. The molecule has 1 saturated carbocycles. The number of hydrogen-bond donors (Lipinski definition) is 1. The molecule has 1 aliphatic carbocycles. The van der Waals surface area contributed by atoms with Gasteiger partial charge in [-0.05, 0) is 61.1 Å². The standard InChI is InChI=1S/C22H25NO5S/c1-3-15-8-9-16(4-2)20(12-15)21(24)14-28-22(25)17-6-5-7-19(13-17)29(26,27)23-18-10-11-18/h5-9,12-13,18,23H,3-4,10-11,14H2,1-2H3. The van der Waals surface area contributed by atoms with Gasteiger partial charge in [-0.15, -0.1) is 0 Å². The number of rotatable bonds is 9. The third kappa shape index (κ3) is 5.31. The lowest BCUT2D eigenvalue weighted by Gasteiger charge is -2.10. The van der Waals surface area contributed by atoms with E-state index in [0.29, 0.717) is 12.0 Å². The first-order valence-corrected chi connectivity index (χ1v) is 11.3. The molecule has 0 aliphatic heterocycles. The summed E-state index contributed by atoms with van der Waals surface area (Å²) >= 11 is 0. The van der Waals surface area contributed by atoms with E-state index in [1.165, 1.54) is 24.3 Å². The van der Waals surface area contributed by atoms with Crippen LogP contribution in [-0.2, 0) is 27.6 Å². The fourth-order valence-electron chi connectivity index (χ4n) is 2.98. The summed E-state index contributed by atoms with van der Waals surface area (Å²) in [5.74, 6) is -1.00. The zero-order chi connectivity index (χ0) is 21.0. The normalized spacial score (nSPS) is 13.9. The minimum atomic E-state index is -3.67. The van der Waals surface area contributed by atoms with Crippen molar-refractivity contribution in [2.24, 2.45) is 0 Å². The number of carbonyl (C=O) groups is 2. The van der Waals surface area contributed by atoms with Gasteiger partial charge in [0.15, 0.2) is 6.61 Å². The minimum absolute atomic E-state index is 0.00842. The number of ketones is 1. The van der Waals surface area contributed by atoms with E-state index in [-0.39, 0.29) is 22.3 Å². The SMILES string of the molecule is CCc1ccc(CC)c(C(=O)COC(=O)c2cccc(S(=O)(=O)NC3CC3)c2)c1. The Hall–Kier alpha value is -2.51. The Kier molecular flexibility index (Phi) is 6.49. The Morgan fingerprint density at radius 3 is 2.48 bits per heavy atom. The van der Waals surface area contributed by atoms with E-state index in [1.54, 1.807) is 0 Å². The fraction of sp³-hybridized carbons (Fsp3) is 0.364. The number of sulfonamides is 1. The smallest absolute Gasteiger partial charge is 0.338 e. The highest BCUT2D eigenvalue weighted by Gasteiger charge is 2.28. The quantitative estimate of drug-likeness (QED) is 0.501. The molecule has 1 aliphatic rings. The number of benzene rings is 2. The van der Waals surface area contributed by atoms with E-state index in [9.17, 15) is 18.0 Å². The summed E-state index contributed by atoms with van der Waals surface area (Å²) in [7, 11) is -3.67. The first kappa shape index (κ1) is 21.2. The van der Waals surface area contributed by atoms with Crippen molar-refractivity contribution in [3.05, 3.63) is 64.7 Å². The Labute approximate surface area is 171 Å². The highest BCUT2D eigenvalue weighted by atomic mass is 32.2. The first-order chi connectivity index (χ1) is 13.8. The average Bonchev–Trinajstić information content (AvgIpc) is 3.54. The Morgan fingerprint density at radius 1 is 1.07 bits per heavy atom. The lowest BCUT2D eigenvalue weighted by Crippen LogP contribution is -2.26.